The Kier molecular flexibility index (Phi) is 4.18. The van der Waals surface area contributed by atoms with E-state index in [0.29, 0.717) is 22.9 Å². The number of anilines is 1. The van der Waals surface area contributed by atoms with Gasteiger partial charge in [-0.2, -0.15) is 0 Å². The van der Waals surface area contributed by atoms with Gasteiger partial charge < -0.3 is 25.1 Å². The number of carboxylic acids is 1. The lowest BCUT2D eigenvalue weighted by Gasteiger charge is -2.12. The maximum absolute atomic E-state index is 11.2. The number of nitrogens with two attached hydrogens (primary N) is 1. The predicted molar refractivity (Wildman–Crippen MR) is 77.4 cm³/mol. The summed E-state index contributed by atoms with van der Waals surface area (Å²) in [7, 11) is 3.04. The minimum Gasteiger partial charge on any atom is -0.496 e. The number of carboxylic acid groups (broad SMARTS) is 1. The Morgan fingerprint density at radius 3 is 2.10 bits per heavy atom. The third-order valence-electron chi connectivity index (χ3n) is 2.79. The van der Waals surface area contributed by atoms with Crippen molar-refractivity contribution in [1.82, 2.24) is 0 Å². The summed E-state index contributed by atoms with van der Waals surface area (Å²) in [6.45, 7) is 0. The zero-order valence-electron chi connectivity index (χ0n) is 11.6. The van der Waals surface area contributed by atoms with E-state index in [2.05, 4.69) is 0 Å². The number of rotatable bonds is 5. The van der Waals surface area contributed by atoms with Gasteiger partial charge in [0.15, 0.2) is 0 Å². The average Bonchev–Trinajstić information content (AvgIpc) is 2.48. The first kappa shape index (κ1) is 14.5. The molecule has 0 saturated carbocycles. The molecule has 2 aromatic rings. The molecule has 0 aliphatic carbocycles. The Labute approximate surface area is 121 Å². The Morgan fingerprint density at radius 1 is 1.00 bits per heavy atom. The SMILES string of the molecule is COc1cc(OC)cc(Oc2ccc(N)cc2C(=O)O)c1. The van der Waals surface area contributed by atoms with E-state index >= 15 is 0 Å². The quantitative estimate of drug-likeness (QED) is 0.822. The van der Waals surface area contributed by atoms with Crippen LogP contribution in [0.1, 0.15) is 10.4 Å². The minimum absolute atomic E-state index is 0.0169. The van der Waals surface area contributed by atoms with Crippen molar-refractivity contribution in [2.45, 2.75) is 0 Å². The van der Waals surface area contributed by atoms with Crippen molar-refractivity contribution in [3.63, 3.8) is 0 Å². The molecule has 2 rings (SSSR count). The summed E-state index contributed by atoms with van der Waals surface area (Å²) in [5, 5.41) is 9.18. The number of carbonyl (C=O) groups is 1. The molecule has 0 fully saturated rings. The first-order valence-electron chi connectivity index (χ1n) is 6.07. The van der Waals surface area contributed by atoms with Crippen molar-refractivity contribution in [2.75, 3.05) is 20.0 Å². The van der Waals surface area contributed by atoms with Crippen LogP contribution in [0.2, 0.25) is 0 Å². The van der Waals surface area contributed by atoms with E-state index in [-0.39, 0.29) is 11.3 Å². The maximum atomic E-state index is 11.2. The summed E-state index contributed by atoms with van der Waals surface area (Å²) >= 11 is 0. The Hall–Kier alpha value is -2.89. The Bertz CT molecular complexity index is 647. The summed E-state index contributed by atoms with van der Waals surface area (Å²) in [4.78, 5) is 11.2. The van der Waals surface area contributed by atoms with Gasteiger partial charge in [0.05, 0.1) is 14.2 Å². The van der Waals surface area contributed by atoms with Crippen molar-refractivity contribution in [1.29, 1.82) is 0 Å². The molecule has 21 heavy (non-hydrogen) atoms. The van der Waals surface area contributed by atoms with Gasteiger partial charge in [0.25, 0.3) is 0 Å². The topological polar surface area (TPSA) is 91.0 Å². The largest absolute Gasteiger partial charge is 0.496 e. The van der Waals surface area contributed by atoms with Crippen LogP contribution in [-0.2, 0) is 0 Å². The molecule has 0 unspecified atom stereocenters. The van der Waals surface area contributed by atoms with Crippen LogP contribution in [0.25, 0.3) is 0 Å². The van der Waals surface area contributed by atoms with Crippen molar-refractivity contribution in [2.24, 2.45) is 0 Å². The molecular formula is C15H15NO5. The second-order valence-electron chi connectivity index (χ2n) is 4.21. The minimum atomic E-state index is -1.12. The second kappa shape index (κ2) is 6.04. The third kappa shape index (κ3) is 3.36. The highest BCUT2D eigenvalue weighted by Gasteiger charge is 2.13. The molecule has 0 radical (unpaired) electrons. The number of ether oxygens (including phenoxy) is 3. The summed E-state index contributed by atoms with van der Waals surface area (Å²) < 4.78 is 15.9. The highest BCUT2D eigenvalue weighted by atomic mass is 16.5. The molecule has 2 aromatic carbocycles. The number of benzene rings is 2. The van der Waals surface area contributed by atoms with Crippen LogP contribution in [-0.4, -0.2) is 25.3 Å². The molecule has 110 valence electrons. The first-order valence-corrected chi connectivity index (χ1v) is 6.07. The van der Waals surface area contributed by atoms with E-state index in [1.54, 1.807) is 24.3 Å². The van der Waals surface area contributed by atoms with Gasteiger partial charge in [-0.3, -0.25) is 0 Å². The average molecular weight is 289 g/mol. The van der Waals surface area contributed by atoms with Crippen molar-refractivity contribution < 1.29 is 24.1 Å². The van der Waals surface area contributed by atoms with E-state index in [1.165, 1.54) is 26.4 Å². The Morgan fingerprint density at radius 2 is 1.57 bits per heavy atom. The highest BCUT2D eigenvalue weighted by Crippen LogP contribution is 2.32. The summed E-state index contributed by atoms with van der Waals surface area (Å²) in [5.41, 5.74) is 5.92. The molecule has 0 amide bonds. The standard InChI is InChI=1S/C15H15NO5/c1-19-10-6-11(20-2)8-12(7-10)21-14-4-3-9(16)5-13(14)15(17)18/h3-8H,16H2,1-2H3,(H,17,18). The van der Waals surface area contributed by atoms with Gasteiger partial charge in [-0.1, -0.05) is 0 Å². The van der Waals surface area contributed by atoms with Crippen LogP contribution in [0.15, 0.2) is 36.4 Å². The predicted octanol–water partition coefficient (Wildman–Crippen LogP) is 2.78. The van der Waals surface area contributed by atoms with Crippen LogP contribution in [0.3, 0.4) is 0 Å². The molecule has 0 spiro atoms. The smallest absolute Gasteiger partial charge is 0.339 e. The van der Waals surface area contributed by atoms with E-state index in [1.807, 2.05) is 0 Å². The fourth-order valence-corrected chi connectivity index (χ4v) is 1.77. The van der Waals surface area contributed by atoms with E-state index in [0.717, 1.165) is 0 Å². The summed E-state index contributed by atoms with van der Waals surface area (Å²) in [5.74, 6) is 0.547. The lowest BCUT2D eigenvalue weighted by molar-refractivity contribution is 0.0694. The zero-order chi connectivity index (χ0) is 15.4. The third-order valence-corrected chi connectivity index (χ3v) is 2.79. The normalized spacial score (nSPS) is 10.0. The molecule has 3 N–H and O–H groups in total. The van der Waals surface area contributed by atoms with Gasteiger partial charge in [-0.25, -0.2) is 4.79 Å². The van der Waals surface area contributed by atoms with Crippen molar-refractivity contribution >= 4 is 11.7 Å². The molecule has 0 aromatic heterocycles. The monoisotopic (exact) mass is 289 g/mol. The number of hydrogen-bond acceptors (Lipinski definition) is 5. The first-order chi connectivity index (χ1) is 10.0. The highest BCUT2D eigenvalue weighted by molar-refractivity contribution is 5.92. The summed E-state index contributed by atoms with van der Waals surface area (Å²) in [6, 6.07) is 9.36. The lowest BCUT2D eigenvalue weighted by atomic mass is 10.2. The zero-order valence-corrected chi connectivity index (χ0v) is 11.6. The molecule has 0 saturated heterocycles. The second-order valence-corrected chi connectivity index (χ2v) is 4.21. The van der Waals surface area contributed by atoms with Crippen LogP contribution in [0.4, 0.5) is 5.69 Å². The van der Waals surface area contributed by atoms with E-state index < -0.39 is 5.97 Å². The molecule has 0 heterocycles. The van der Waals surface area contributed by atoms with Gasteiger partial charge in [0.1, 0.15) is 28.6 Å². The number of aromatic carboxylic acids is 1. The molecule has 6 heteroatoms. The van der Waals surface area contributed by atoms with Gasteiger partial charge >= 0.3 is 5.97 Å². The van der Waals surface area contributed by atoms with Crippen LogP contribution in [0.5, 0.6) is 23.0 Å². The van der Waals surface area contributed by atoms with Gasteiger partial charge in [-0.15, -0.1) is 0 Å². The fraction of sp³-hybridized carbons (Fsp3) is 0.133. The van der Waals surface area contributed by atoms with E-state index in [9.17, 15) is 9.90 Å². The van der Waals surface area contributed by atoms with Gasteiger partial charge in [-0.05, 0) is 18.2 Å². The molecule has 0 bridgehead atoms. The molecular weight excluding hydrogens is 274 g/mol. The molecule has 6 nitrogen and oxygen atoms in total. The van der Waals surface area contributed by atoms with Crippen LogP contribution in [0, 0.1) is 0 Å². The number of hydrogen-bond donors (Lipinski definition) is 2. The molecule has 0 aliphatic heterocycles. The Balaban J connectivity index is 2.40. The fourth-order valence-electron chi connectivity index (χ4n) is 1.77. The molecule has 0 atom stereocenters. The van der Waals surface area contributed by atoms with Gasteiger partial charge in [0.2, 0.25) is 0 Å². The summed E-state index contributed by atoms with van der Waals surface area (Å²) in [6.07, 6.45) is 0. The lowest BCUT2D eigenvalue weighted by Crippen LogP contribution is -2.01. The van der Waals surface area contributed by atoms with Crippen molar-refractivity contribution in [3.8, 4) is 23.0 Å². The van der Waals surface area contributed by atoms with Gasteiger partial charge in [0, 0.05) is 23.9 Å². The maximum Gasteiger partial charge on any atom is 0.339 e. The van der Waals surface area contributed by atoms with Crippen LogP contribution < -0.4 is 19.9 Å². The van der Waals surface area contributed by atoms with Crippen molar-refractivity contribution in [3.05, 3.63) is 42.0 Å². The number of methoxy groups -OCH3 is 2. The van der Waals surface area contributed by atoms with E-state index in [4.69, 9.17) is 19.9 Å². The molecule has 0 aliphatic rings. The number of nitrogen functional groups attached to an aromatic ring is 1. The van der Waals surface area contributed by atoms with Crippen LogP contribution >= 0.6 is 0 Å².